The van der Waals surface area contributed by atoms with Crippen LogP contribution in [0.2, 0.25) is 0 Å². The number of hydrogen-bond acceptors (Lipinski definition) is 1. The molecule has 3 nitrogen and oxygen atoms in total. The summed E-state index contributed by atoms with van der Waals surface area (Å²) in [7, 11) is 1.72. The Kier molecular flexibility index (Phi) is 6.67. The second-order valence-electron chi connectivity index (χ2n) is 8.74. The van der Waals surface area contributed by atoms with Gasteiger partial charge < -0.3 is 13.9 Å². The summed E-state index contributed by atoms with van der Waals surface area (Å²) in [4.78, 5) is 0. The van der Waals surface area contributed by atoms with Crippen molar-refractivity contribution < 1.29 is 4.74 Å². The molecule has 0 atom stereocenters. The first-order chi connectivity index (χ1) is 17.2. The van der Waals surface area contributed by atoms with Crippen LogP contribution in [0.25, 0.3) is 21.8 Å². The van der Waals surface area contributed by atoms with E-state index in [4.69, 9.17) is 4.74 Å². The Labute approximate surface area is 206 Å². The van der Waals surface area contributed by atoms with Crippen LogP contribution in [0, 0.1) is 6.92 Å². The molecule has 0 N–H and O–H groups in total. The molecule has 0 fully saturated rings. The minimum Gasteiger partial charge on any atom is -0.496 e. The van der Waals surface area contributed by atoms with Gasteiger partial charge in [0.05, 0.1) is 12.6 Å². The summed E-state index contributed by atoms with van der Waals surface area (Å²) < 4.78 is 10.0. The summed E-state index contributed by atoms with van der Waals surface area (Å²) in [6.07, 6.45) is 2.15. The quantitative estimate of drug-likeness (QED) is 0.259. The third-order valence-electron chi connectivity index (χ3n) is 6.39. The van der Waals surface area contributed by atoms with Crippen molar-refractivity contribution in [1.82, 2.24) is 9.13 Å². The lowest BCUT2D eigenvalue weighted by Crippen LogP contribution is -2.01. The van der Waals surface area contributed by atoms with Gasteiger partial charge >= 0.3 is 0 Å². The van der Waals surface area contributed by atoms with E-state index in [1.807, 2.05) is 18.2 Å². The van der Waals surface area contributed by atoms with Crippen LogP contribution in [-0.4, -0.2) is 16.2 Å². The van der Waals surface area contributed by atoms with E-state index in [1.165, 1.54) is 38.6 Å². The molecule has 0 amide bonds. The van der Waals surface area contributed by atoms with Gasteiger partial charge in [-0.3, -0.25) is 0 Å². The summed E-state index contributed by atoms with van der Waals surface area (Å²) in [5.41, 5.74) is 6.42. The molecule has 0 aliphatic rings. The van der Waals surface area contributed by atoms with Gasteiger partial charge in [0.1, 0.15) is 5.75 Å². The second-order valence-corrected chi connectivity index (χ2v) is 8.74. The highest BCUT2D eigenvalue weighted by atomic mass is 16.5. The average molecular weight is 459 g/mol. The first-order valence-corrected chi connectivity index (χ1v) is 12.0. The molecule has 4 aromatic carbocycles. The fourth-order valence-electron chi connectivity index (χ4n) is 4.60. The zero-order valence-corrected chi connectivity index (χ0v) is 20.3. The Morgan fingerprint density at radius 1 is 0.629 bits per heavy atom. The van der Waals surface area contributed by atoms with E-state index in [0.29, 0.717) is 0 Å². The molecule has 0 aliphatic carbocycles. The maximum absolute atomic E-state index is 5.43. The van der Waals surface area contributed by atoms with Gasteiger partial charge in [0, 0.05) is 35.9 Å². The highest BCUT2D eigenvalue weighted by Gasteiger charge is 2.09. The molecule has 174 valence electrons. The van der Waals surface area contributed by atoms with Crippen molar-refractivity contribution in [2.24, 2.45) is 0 Å². The van der Waals surface area contributed by atoms with Gasteiger partial charge in [-0.2, -0.15) is 0 Å². The third-order valence-corrected chi connectivity index (χ3v) is 6.39. The lowest BCUT2D eigenvalue weighted by Gasteiger charge is -2.09. The molecule has 6 aromatic rings. The van der Waals surface area contributed by atoms with Crippen molar-refractivity contribution in [1.29, 1.82) is 0 Å². The molecule has 35 heavy (non-hydrogen) atoms. The van der Waals surface area contributed by atoms with Crippen molar-refractivity contribution in [2.75, 3.05) is 7.11 Å². The molecule has 2 heterocycles. The number of aromatic nitrogens is 2. The Hall–Kier alpha value is -4.24. The van der Waals surface area contributed by atoms with Crippen LogP contribution in [-0.2, 0) is 13.1 Å². The van der Waals surface area contributed by atoms with Gasteiger partial charge in [0.2, 0.25) is 0 Å². The van der Waals surface area contributed by atoms with Crippen LogP contribution in [0.3, 0.4) is 0 Å². The van der Waals surface area contributed by atoms with Crippen molar-refractivity contribution in [3.8, 4) is 5.75 Å². The molecule has 0 aliphatic heterocycles. The number of nitrogens with zero attached hydrogens (tertiary/aromatic N) is 2. The number of aryl methyl sites for hydroxylation is 1. The zero-order valence-electron chi connectivity index (χ0n) is 20.3. The Morgan fingerprint density at radius 3 is 1.97 bits per heavy atom. The van der Waals surface area contributed by atoms with E-state index in [9.17, 15) is 0 Å². The highest BCUT2D eigenvalue weighted by Crippen LogP contribution is 2.29. The first kappa shape index (κ1) is 22.5. The summed E-state index contributed by atoms with van der Waals surface area (Å²) in [6, 6.07) is 40.1. The van der Waals surface area contributed by atoms with Crippen LogP contribution >= 0.6 is 0 Å². The Morgan fingerprint density at radius 2 is 1.26 bits per heavy atom. The highest BCUT2D eigenvalue weighted by molar-refractivity contribution is 5.87. The van der Waals surface area contributed by atoms with Crippen molar-refractivity contribution in [3.63, 3.8) is 0 Å². The lowest BCUT2D eigenvalue weighted by atomic mass is 10.2. The van der Waals surface area contributed by atoms with Crippen molar-refractivity contribution in [3.05, 3.63) is 138 Å². The molecule has 0 bridgehead atoms. The van der Waals surface area contributed by atoms with Crippen LogP contribution in [0.15, 0.2) is 121 Å². The van der Waals surface area contributed by atoms with Gasteiger partial charge in [0.15, 0.2) is 0 Å². The molecule has 6 rings (SSSR count). The second kappa shape index (κ2) is 10.4. The molecule has 0 saturated carbocycles. The largest absolute Gasteiger partial charge is 0.496 e. The summed E-state index contributed by atoms with van der Waals surface area (Å²) in [5.74, 6) is 0.937. The summed E-state index contributed by atoms with van der Waals surface area (Å²) in [5, 5.41) is 2.48. The van der Waals surface area contributed by atoms with E-state index in [2.05, 4.69) is 119 Å². The average Bonchev–Trinajstić information content (AvgIpc) is 3.46. The van der Waals surface area contributed by atoms with Crippen LogP contribution in [0.4, 0.5) is 0 Å². The van der Waals surface area contributed by atoms with E-state index in [1.54, 1.807) is 7.11 Å². The van der Waals surface area contributed by atoms with Gasteiger partial charge in [-0.25, -0.2) is 0 Å². The molecule has 0 spiro atoms. The van der Waals surface area contributed by atoms with E-state index < -0.39 is 0 Å². The molecule has 0 radical (unpaired) electrons. The maximum Gasteiger partial charge on any atom is 0.128 e. The van der Waals surface area contributed by atoms with Crippen LogP contribution < -0.4 is 4.74 Å². The standard InChI is InChI=1S/C17H17NO.C15H13N/c1-13-11-15-16(9-6-10-17(15)19-2)18(13)12-14-7-4-3-5-8-14;1-2-6-13(7-3-1)12-16-11-10-14-8-4-5-9-15(14)16/h3-11H,12H2,1-2H3;1-11H,12H2. The van der Waals surface area contributed by atoms with E-state index in [0.717, 1.165) is 18.8 Å². The van der Waals surface area contributed by atoms with Crippen LogP contribution in [0.1, 0.15) is 16.8 Å². The number of ether oxygens (including phenoxy) is 1. The third kappa shape index (κ3) is 4.99. The minimum absolute atomic E-state index is 0.892. The Bertz CT molecular complexity index is 1530. The monoisotopic (exact) mass is 458 g/mol. The van der Waals surface area contributed by atoms with Crippen LogP contribution in [0.5, 0.6) is 5.75 Å². The molecule has 0 unspecified atom stereocenters. The first-order valence-electron chi connectivity index (χ1n) is 12.0. The normalized spacial score (nSPS) is 10.8. The SMILES string of the molecule is COc1cccc2c1cc(C)n2Cc1ccccc1.c1ccc(Cn2ccc3ccccc32)cc1. The number of benzene rings is 4. The number of rotatable bonds is 5. The molecule has 2 aromatic heterocycles. The fraction of sp³-hybridized carbons (Fsp3) is 0.125. The summed E-state index contributed by atoms with van der Waals surface area (Å²) >= 11 is 0. The molecule has 3 heteroatoms. The number of hydrogen-bond donors (Lipinski definition) is 0. The zero-order chi connectivity index (χ0) is 24.0. The number of para-hydroxylation sites is 1. The van der Waals surface area contributed by atoms with Crippen molar-refractivity contribution >= 4 is 21.8 Å². The molecular formula is C32H30N2O. The predicted octanol–water partition coefficient (Wildman–Crippen LogP) is 7.70. The van der Waals surface area contributed by atoms with Gasteiger partial charge in [0.25, 0.3) is 0 Å². The van der Waals surface area contributed by atoms with E-state index in [-0.39, 0.29) is 0 Å². The minimum atomic E-state index is 0.892. The van der Waals surface area contributed by atoms with Crippen molar-refractivity contribution in [2.45, 2.75) is 20.0 Å². The Balaban J connectivity index is 0.000000147. The van der Waals surface area contributed by atoms with Gasteiger partial charge in [-0.05, 0) is 53.8 Å². The number of fused-ring (bicyclic) bond motifs is 2. The molecular weight excluding hydrogens is 428 g/mol. The van der Waals surface area contributed by atoms with Gasteiger partial charge in [-0.1, -0.05) is 84.9 Å². The number of methoxy groups -OCH3 is 1. The fourth-order valence-corrected chi connectivity index (χ4v) is 4.60. The van der Waals surface area contributed by atoms with Gasteiger partial charge in [-0.15, -0.1) is 0 Å². The molecule has 0 saturated heterocycles. The maximum atomic E-state index is 5.43. The lowest BCUT2D eigenvalue weighted by molar-refractivity contribution is 0.420. The predicted molar refractivity (Wildman–Crippen MR) is 146 cm³/mol. The van der Waals surface area contributed by atoms with E-state index >= 15 is 0 Å². The summed E-state index contributed by atoms with van der Waals surface area (Å²) in [6.45, 7) is 3.97. The smallest absolute Gasteiger partial charge is 0.128 e. The topological polar surface area (TPSA) is 19.1 Å².